The molecule has 2 unspecified atom stereocenters. The molecule has 3 N–H and O–H groups in total. The average Bonchev–Trinajstić information content (AvgIpc) is 3.07. The van der Waals surface area contributed by atoms with E-state index in [9.17, 15) is 5.11 Å². The van der Waals surface area contributed by atoms with E-state index in [1.54, 1.807) is 11.3 Å². The first-order valence-corrected chi connectivity index (χ1v) is 7.48. The van der Waals surface area contributed by atoms with Gasteiger partial charge in [0.2, 0.25) is 0 Å². The summed E-state index contributed by atoms with van der Waals surface area (Å²) in [4.78, 5) is 1.08. The smallest absolute Gasteiger partial charge is 0.134 e. The van der Waals surface area contributed by atoms with E-state index in [1.165, 1.54) is 5.56 Å². The van der Waals surface area contributed by atoms with Gasteiger partial charge in [0.25, 0.3) is 0 Å². The van der Waals surface area contributed by atoms with Crippen LogP contribution in [0.15, 0.2) is 46.2 Å². The third-order valence-corrected chi connectivity index (χ3v) is 4.53. The lowest BCUT2D eigenvalue weighted by atomic mass is 9.98. The maximum absolute atomic E-state index is 10.6. The molecule has 0 saturated heterocycles. The molecule has 3 nitrogen and oxygen atoms in total. The maximum atomic E-state index is 10.6. The number of aryl methyl sites for hydroxylation is 1. The van der Waals surface area contributed by atoms with Crippen molar-refractivity contribution < 1.29 is 9.52 Å². The molecule has 0 aliphatic heterocycles. The standard InChI is InChI=1S/C16H17NO2S/c1-10-4-5-13-11(7-10)8-14(19-13)16(18)12(9-17)15-3-2-6-20-15/h2-8,12,16,18H,9,17H2,1H3. The molecule has 20 heavy (non-hydrogen) atoms. The summed E-state index contributed by atoms with van der Waals surface area (Å²) in [5, 5.41) is 13.6. The Morgan fingerprint density at radius 2 is 2.15 bits per heavy atom. The molecule has 0 spiro atoms. The predicted octanol–water partition coefficient (Wildman–Crippen LogP) is 3.58. The summed E-state index contributed by atoms with van der Waals surface area (Å²) in [7, 11) is 0. The van der Waals surface area contributed by atoms with Crippen molar-refractivity contribution in [3.05, 3.63) is 58.0 Å². The molecule has 3 rings (SSSR count). The predicted molar refractivity (Wildman–Crippen MR) is 82.0 cm³/mol. The number of nitrogens with two attached hydrogens (primary N) is 1. The second kappa shape index (κ2) is 5.40. The third-order valence-electron chi connectivity index (χ3n) is 3.53. The van der Waals surface area contributed by atoms with Gasteiger partial charge in [-0.3, -0.25) is 0 Å². The molecule has 1 aromatic carbocycles. The van der Waals surface area contributed by atoms with Gasteiger partial charge in [-0.05, 0) is 36.6 Å². The number of aliphatic hydroxyl groups is 1. The van der Waals surface area contributed by atoms with Crippen molar-refractivity contribution >= 4 is 22.3 Å². The Morgan fingerprint density at radius 1 is 1.30 bits per heavy atom. The molecule has 0 amide bonds. The highest BCUT2D eigenvalue weighted by molar-refractivity contribution is 7.10. The molecule has 0 radical (unpaired) electrons. The van der Waals surface area contributed by atoms with Gasteiger partial charge in [-0.2, -0.15) is 0 Å². The highest BCUT2D eigenvalue weighted by Gasteiger charge is 2.25. The monoisotopic (exact) mass is 287 g/mol. The van der Waals surface area contributed by atoms with Crippen molar-refractivity contribution in [2.45, 2.75) is 18.9 Å². The molecule has 104 valence electrons. The largest absolute Gasteiger partial charge is 0.458 e. The number of aliphatic hydroxyl groups excluding tert-OH is 1. The van der Waals surface area contributed by atoms with Crippen molar-refractivity contribution in [3.63, 3.8) is 0 Å². The SMILES string of the molecule is Cc1ccc2oc(C(O)C(CN)c3cccs3)cc2c1. The molecule has 2 atom stereocenters. The van der Waals surface area contributed by atoms with E-state index in [0.717, 1.165) is 15.8 Å². The number of hydrogen-bond acceptors (Lipinski definition) is 4. The van der Waals surface area contributed by atoms with Gasteiger partial charge in [0.1, 0.15) is 17.4 Å². The van der Waals surface area contributed by atoms with Crippen LogP contribution in [0.25, 0.3) is 11.0 Å². The minimum absolute atomic E-state index is 0.128. The van der Waals surface area contributed by atoms with Crippen molar-refractivity contribution in [1.29, 1.82) is 0 Å². The Hall–Kier alpha value is -1.62. The number of hydrogen-bond donors (Lipinski definition) is 2. The minimum Gasteiger partial charge on any atom is -0.458 e. The van der Waals surface area contributed by atoms with E-state index >= 15 is 0 Å². The molecule has 0 bridgehead atoms. The van der Waals surface area contributed by atoms with Crippen LogP contribution < -0.4 is 5.73 Å². The molecule has 2 aromatic heterocycles. The van der Waals surface area contributed by atoms with Crippen molar-refractivity contribution in [2.75, 3.05) is 6.54 Å². The molecule has 4 heteroatoms. The van der Waals surface area contributed by atoms with Gasteiger partial charge in [-0.25, -0.2) is 0 Å². The van der Waals surface area contributed by atoms with Gasteiger partial charge in [0.15, 0.2) is 0 Å². The Bertz CT molecular complexity index is 702. The number of fused-ring (bicyclic) bond motifs is 1. The summed E-state index contributed by atoms with van der Waals surface area (Å²) in [5.74, 6) is 0.450. The quantitative estimate of drug-likeness (QED) is 0.771. The highest BCUT2D eigenvalue weighted by atomic mass is 32.1. The van der Waals surface area contributed by atoms with E-state index in [-0.39, 0.29) is 5.92 Å². The molecule has 0 saturated carbocycles. The fourth-order valence-corrected chi connectivity index (χ4v) is 3.30. The van der Waals surface area contributed by atoms with Gasteiger partial charge in [-0.15, -0.1) is 11.3 Å². The van der Waals surface area contributed by atoms with Gasteiger partial charge in [-0.1, -0.05) is 17.7 Å². The Morgan fingerprint density at radius 3 is 2.85 bits per heavy atom. The summed E-state index contributed by atoms with van der Waals surface area (Å²) in [6.07, 6.45) is -0.716. The Labute approximate surface area is 121 Å². The lowest BCUT2D eigenvalue weighted by molar-refractivity contribution is 0.125. The van der Waals surface area contributed by atoms with Crippen LogP contribution in [-0.4, -0.2) is 11.7 Å². The maximum Gasteiger partial charge on any atom is 0.134 e. The van der Waals surface area contributed by atoms with Crippen LogP contribution in [0.2, 0.25) is 0 Å². The zero-order chi connectivity index (χ0) is 14.1. The highest BCUT2D eigenvalue weighted by Crippen LogP contribution is 2.35. The van der Waals surface area contributed by atoms with Crippen LogP contribution in [-0.2, 0) is 0 Å². The number of benzene rings is 1. The summed E-state index contributed by atoms with van der Waals surface area (Å²) >= 11 is 1.61. The topological polar surface area (TPSA) is 59.4 Å². The molecule has 2 heterocycles. The Balaban J connectivity index is 1.96. The summed E-state index contributed by atoms with van der Waals surface area (Å²) in [6.45, 7) is 2.43. The zero-order valence-corrected chi connectivity index (χ0v) is 12.1. The molecule has 0 aliphatic rings. The van der Waals surface area contributed by atoms with Crippen LogP contribution in [0.3, 0.4) is 0 Å². The number of rotatable bonds is 4. The normalized spacial score (nSPS) is 14.6. The summed E-state index contributed by atoms with van der Waals surface area (Å²) in [6, 6.07) is 11.9. The van der Waals surface area contributed by atoms with Crippen molar-refractivity contribution in [2.24, 2.45) is 5.73 Å². The molecular formula is C16H17NO2S. The van der Waals surface area contributed by atoms with Crippen LogP contribution in [0, 0.1) is 6.92 Å². The third kappa shape index (κ3) is 2.38. The minimum atomic E-state index is -0.716. The molecule has 0 fully saturated rings. The second-order valence-electron chi connectivity index (χ2n) is 4.99. The van der Waals surface area contributed by atoms with Gasteiger partial charge in [0.05, 0.1) is 0 Å². The van der Waals surface area contributed by atoms with Crippen LogP contribution in [0.4, 0.5) is 0 Å². The molecular weight excluding hydrogens is 270 g/mol. The molecule has 3 aromatic rings. The van der Waals surface area contributed by atoms with Crippen molar-refractivity contribution in [3.8, 4) is 0 Å². The van der Waals surface area contributed by atoms with Gasteiger partial charge in [0, 0.05) is 22.7 Å². The van der Waals surface area contributed by atoms with E-state index in [2.05, 4.69) is 6.07 Å². The van der Waals surface area contributed by atoms with Crippen LogP contribution >= 0.6 is 11.3 Å². The zero-order valence-electron chi connectivity index (χ0n) is 11.2. The average molecular weight is 287 g/mol. The van der Waals surface area contributed by atoms with Crippen molar-refractivity contribution in [1.82, 2.24) is 0 Å². The van der Waals surface area contributed by atoms with E-state index < -0.39 is 6.10 Å². The lowest BCUT2D eigenvalue weighted by Crippen LogP contribution is -2.18. The van der Waals surface area contributed by atoms with Crippen LogP contribution in [0.1, 0.15) is 28.2 Å². The fourth-order valence-electron chi connectivity index (χ4n) is 2.43. The second-order valence-corrected chi connectivity index (χ2v) is 5.97. The first-order chi connectivity index (χ1) is 9.69. The summed E-state index contributed by atoms with van der Waals surface area (Å²) in [5.41, 5.74) is 7.80. The Kier molecular flexibility index (Phi) is 3.61. The number of thiophene rings is 1. The lowest BCUT2D eigenvalue weighted by Gasteiger charge is -2.18. The van der Waals surface area contributed by atoms with Gasteiger partial charge >= 0.3 is 0 Å². The van der Waals surface area contributed by atoms with E-state index in [4.69, 9.17) is 10.2 Å². The number of furan rings is 1. The summed E-state index contributed by atoms with van der Waals surface area (Å²) < 4.78 is 5.76. The molecule has 0 aliphatic carbocycles. The first kappa shape index (κ1) is 13.4. The van der Waals surface area contributed by atoms with E-state index in [1.807, 2.05) is 42.6 Å². The van der Waals surface area contributed by atoms with Crippen LogP contribution in [0.5, 0.6) is 0 Å². The fraction of sp³-hybridized carbons (Fsp3) is 0.250. The van der Waals surface area contributed by atoms with Gasteiger partial charge < -0.3 is 15.3 Å². The first-order valence-electron chi connectivity index (χ1n) is 6.60. The van der Waals surface area contributed by atoms with E-state index in [0.29, 0.717) is 12.3 Å².